The largest absolute Gasteiger partial charge is 0.496 e. The van der Waals surface area contributed by atoms with Crippen molar-refractivity contribution < 1.29 is 14.2 Å². The highest BCUT2D eigenvalue weighted by Crippen LogP contribution is 2.18. The van der Waals surface area contributed by atoms with Crippen molar-refractivity contribution in [2.45, 2.75) is 19.5 Å². The molecule has 3 nitrogen and oxygen atoms in total. The minimum atomic E-state index is -0.288. The van der Waals surface area contributed by atoms with E-state index in [2.05, 4.69) is 5.32 Å². The molecule has 0 aliphatic rings. The molecule has 0 bridgehead atoms. The average molecular weight is 213 g/mol. The summed E-state index contributed by atoms with van der Waals surface area (Å²) in [6, 6.07) is 4.36. The molecule has 0 heterocycles. The van der Waals surface area contributed by atoms with Gasteiger partial charge in [-0.25, -0.2) is 4.39 Å². The van der Waals surface area contributed by atoms with Crippen LogP contribution in [0.25, 0.3) is 0 Å². The lowest BCUT2D eigenvalue weighted by Gasteiger charge is -2.13. The van der Waals surface area contributed by atoms with E-state index in [9.17, 15) is 4.39 Å². The van der Waals surface area contributed by atoms with Crippen LogP contribution in [0.1, 0.15) is 12.5 Å². The van der Waals surface area contributed by atoms with Gasteiger partial charge in [-0.05, 0) is 25.1 Å². The lowest BCUT2D eigenvalue weighted by Crippen LogP contribution is -2.28. The molecule has 0 spiro atoms. The number of hydrogen-bond acceptors (Lipinski definition) is 3. The number of nitrogens with one attached hydrogen (secondary N) is 1. The summed E-state index contributed by atoms with van der Waals surface area (Å²) in [5, 5.41) is 11.9. The van der Waals surface area contributed by atoms with Crippen LogP contribution in [0.5, 0.6) is 5.75 Å². The molecular weight excluding hydrogens is 197 g/mol. The molecule has 0 saturated carbocycles. The highest BCUT2D eigenvalue weighted by Gasteiger charge is 2.06. The summed E-state index contributed by atoms with van der Waals surface area (Å²) in [5.74, 6) is 0.360. The molecule has 1 aromatic carbocycles. The second-order valence-electron chi connectivity index (χ2n) is 3.42. The number of rotatable bonds is 5. The Bertz CT molecular complexity index is 317. The number of ether oxygens (including phenoxy) is 1. The molecule has 0 amide bonds. The first kappa shape index (κ1) is 11.9. The van der Waals surface area contributed by atoms with Gasteiger partial charge in [-0.2, -0.15) is 0 Å². The molecule has 1 atom stereocenters. The van der Waals surface area contributed by atoms with Crippen molar-refractivity contribution in [2.75, 3.05) is 13.7 Å². The van der Waals surface area contributed by atoms with E-state index >= 15 is 0 Å². The van der Waals surface area contributed by atoms with Crippen molar-refractivity contribution in [3.8, 4) is 5.75 Å². The zero-order valence-electron chi connectivity index (χ0n) is 8.96. The topological polar surface area (TPSA) is 41.5 Å². The van der Waals surface area contributed by atoms with Crippen LogP contribution in [-0.2, 0) is 6.54 Å². The predicted molar refractivity (Wildman–Crippen MR) is 56.3 cm³/mol. The summed E-state index contributed by atoms with van der Waals surface area (Å²) in [4.78, 5) is 0. The summed E-state index contributed by atoms with van der Waals surface area (Å²) in [6.45, 7) is 2.38. The molecule has 0 fully saturated rings. The first-order valence-electron chi connectivity index (χ1n) is 4.84. The Kier molecular flexibility index (Phi) is 4.52. The second-order valence-corrected chi connectivity index (χ2v) is 3.42. The van der Waals surface area contributed by atoms with Gasteiger partial charge in [0.05, 0.1) is 13.7 Å². The standard InChI is InChI=1S/C11H16FNO2/c1-8(7-14)13-6-9-5-10(12)3-4-11(9)15-2/h3-5,8,13-14H,6-7H2,1-2H3. The monoisotopic (exact) mass is 213 g/mol. The Hall–Kier alpha value is -1.13. The minimum Gasteiger partial charge on any atom is -0.496 e. The Labute approximate surface area is 88.9 Å². The van der Waals surface area contributed by atoms with E-state index in [0.29, 0.717) is 12.3 Å². The van der Waals surface area contributed by atoms with Crippen molar-refractivity contribution in [1.29, 1.82) is 0 Å². The zero-order chi connectivity index (χ0) is 11.3. The van der Waals surface area contributed by atoms with Gasteiger partial charge in [0.25, 0.3) is 0 Å². The van der Waals surface area contributed by atoms with Crippen molar-refractivity contribution in [2.24, 2.45) is 0 Å². The summed E-state index contributed by atoms with van der Waals surface area (Å²) >= 11 is 0. The Balaban J connectivity index is 2.69. The highest BCUT2D eigenvalue weighted by atomic mass is 19.1. The van der Waals surface area contributed by atoms with E-state index in [1.165, 1.54) is 12.1 Å². The number of hydrogen-bond donors (Lipinski definition) is 2. The van der Waals surface area contributed by atoms with Crippen LogP contribution >= 0.6 is 0 Å². The highest BCUT2D eigenvalue weighted by molar-refractivity contribution is 5.33. The molecule has 0 saturated heterocycles. The Morgan fingerprint density at radius 1 is 1.53 bits per heavy atom. The van der Waals surface area contributed by atoms with Gasteiger partial charge in [-0.15, -0.1) is 0 Å². The van der Waals surface area contributed by atoms with Gasteiger partial charge in [0, 0.05) is 18.2 Å². The van der Waals surface area contributed by atoms with Crippen LogP contribution < -0.4 is 10.1 Å². The van der Waals surface area contributed by atoms with Crippen LogP contribution in [0.3, 0.4) is 0 Å². The fourth-order valence-corrected chi connectivity index (χ4v) is 1.23. The lowest BCUT2D eigenvalue weighted by atomic mass is 10.2. The maximum atomic E-state index is 13.0. The number of aliphatic hydroxyl groups excluding tert-OH is 1. The lowest BCUT2D eigenvalue weighted by molar-refractivity contribution is 0.250. The maximum absolute atomic E-state index is 13.0. The molecule has 1 unspecified atom stereocenters. The molecule has 0 aliphatic heterocycles. The first-order chi connectivity index (χ1) is 7.17. The van der Waals surface area contributed by atoms with Gasteiger partial charge in [-0.3, -0.25) is 0 Å². The average Bonchev–Trinajstić information content (AvgIpc) is 2.26. The Morgan fingerprint density at radius 2 is 2.27 bits per heavy atom. The third-order valence-corrected chi connectivity index (χ3v) is 2.16. The van der Waals surface area contributed by atoms with Crippen molar-refractivity contribution >= 4 is 0 Å². The molecule has 0 radical (unpaired) electrons. The van der Waals surface area contributed by atoms with Crippen molar-refractivity contribution in [3.05, 3.63) is 29.6 Å². The molecule has 0 aliphatic carbocycles. The third kappa shape index (κ3) is 3.49. The van der Waals surface area contributed by atoms with E-state index in [1.54, 1.807) is 13.2 Å². The van der Waals surface area contributed by atoms with Crippen molar-refractivity contribution in [3.63, 3.8) is 0 Å². The van der Waals surface area contributed by atoms with Crippen LogP contribution in [0.4, 0.5) is 4.39 Å². The normalized spacial score (nSPS) is 12.5. The molecule has 2 N–H and O–H groups in total. The van der Waals surface area contributed by atoms with Crippen LogP contribution in [0.2, 0.25) is 0 Å². The van der Waals surface area contributed by atoms with Gasteiger partial charge in [-0.1, -0.05) is 0 Å². The van der Waals surface area contributed by atoms with Gasteiger partial charge < -0.3 is 15.2 Å². The number of aliphatic hydroxyl groups is 1. The molecule has 15 heavy (non-hydrogen) atoms. The van der Waals surface area contributed by atoms with E-state index in [1.807, 2.05) is 6.92 Å². The van der Waals surface area contributed by atoms with Crippen LogP contribution in [0.15, 0.2) is 18.2 Å². The summed E-state index contributed by atoms with van der Waals surface area (Å²) < 4.78 is 18.1. The summed E-state index contributed by atoms with van der Waals surface area (Å²) in [7, 11) is 1.55. The molecule has 1 rings (SSSR count). The number of halogens is 1. The molecular formula is C11H16FNO2. The fraction of sp³-hybridized carbons (Fsp3) is 0.455. The molecule has 1 aromatic rings. The predicted octanol–water partition coefficient (Wildman–Crippen LogP) is 1.30. The maximum Gasteiger partial charge on any atom is 0.123 e. The SMILES string of the molecule is COc1ccc(F)cc1CNC(C)CO. The van der Waals surface area contributed by atoms with E-state index in [-0.39, 0.29) is 18.5 Å². The Morgan fingerprint density at radius 3 is 2.87 bits per heavy atom. The zero-order valence-corrected chi connectivity index (χ0v) is 8.96. The smallest absolute Gasteiger partial charge is 0.123 e. The van der Waals surface area contributed by atoms with E-state index in [4.69, 9.17) is 9.84 Å². The van der Waals surface area contributed by atoms with Crippen molar-refractivity contribution in [1.82, 2.24) is 5.32 Å². The van der Waals surface area contributed by atoms with Crippen LogP contribution in [-0.4, -0.2) is 24.9 Å². The van der Waals surface area contributed by atoms with E-state index in [0.717, 1.165) is 5.56 Å². The third-order valence-electron chi connectivity index (χ3n) is 2.16. The minimum absolute atomic E-state index is 0.0158. The van der Waals surface area contributed by atoms with Gasteiger partial charge in [0.1, 0.15) is 11.6 Å². The summed E-state index contributed by atoms with van der Waals surface area (Å²) in [6.07, 6.45) is 0. The van der Waals surface area contributed by atoms with Gasteiger partial charge >= 0.3 is 0 Å². The van der Waals surface area contributed by atoms with Crippen LogP contribution in [0, 0.1) is 5.82 Å². The van der Waals surface area contributed by atoms with Gasteiger partial charge in [0.2, 0.25) is 0 Å². The quantitative estimate of drug-likeness (QED) is 0.774. The van der Waals surface area contributed by atoms with E-state index < -0.39 is 0 Å². The number of methoxy groups -OCH3 is 1. The fourth-order valence-electron chi connectivity index (χ4n) is 1.23. The summed E-state index contributed by atoms with van der Waals surface area (Å²) in [5.41, 5.74) is 0.748. The molecule has 4 heteroatoms. The van der Waals surface area contributed by atoms with Gasteiger partial charge in [0.15, 0.2) is 0 Å². The molecule has 84 valence electrons. The molecule has 0 aromatic heterocycles. The first-order valence-corrected chi connectivity index (χ1v) is 4.84. The number of benzene rings is 1. The second kappa shape index (κ2) is 5.68.